The van der Waals surface area contributed by atoms with E-state index in [4.69, 9.17) is 4.74 Å². The van der Waals surface area contributed by atoms with E-state index in [1.54, 1.807) is 0 Å². The Morgan fingerprint density at radius 2 is 2.13 bits per heavy atom. The highest BCUT2D eigenvalue weighted by molar-refractivity contribution is 5.85. The summed E-state index contributed by atoms with van der Waals surface area (Å²) in [5, 5.41) is 5.15. The topological polar surface area (TPSA) is 50.4 Å². The van der Waals surface area contributed by atoms with Crippen LogP contribution in [0.1, 0.15) is 31.7 Å². The Bertz CT molecular complexity index is 527. The second kappa shape index (κ2) is 8.45. The van der Waals surface area contributed by atoms with Crippen molar-refractivity contribution in [1.29, 1.82) is 0 Å². The number of carbonyl (C=O) groups excluding carboxylic acids is 1. The molecule has 1 amide bonds. The Kier molecular flexibility index (Phi) is 7.22. The molecule has 0 saturated carbocycles. The Morgan fingerprint density at radius 1 is 1.43 bits per heavy atom. The van der Waals surface area contributed by atoms with E-state index in [1.165, 1.54) is 0 Å². The molecule has 0 bridgehead atoms. The summed E-state index contributed by atoms with van der Waals surface area (Å²) in [5.41, 5.74) is 1.10. The molecule has 1 heterocycles. The van der Waals surface area contributed by atoms with Crippen molar-refractivity contribution in [3.63, 3.8) is 0 Å². The minimum atomic E-state index is -2.80. The van der Waals surface area contributed by atoms with E-state index >= 15 is 0 Å². The fourth-order valence-corrected chi connectivity index (χ4v) is 2.45. The fraction of sp³-hybridized carbons (Fsp3) is 0.562. The molecular formula is C16H23ClF2N2O2. The molecule has 7 heteroatoms. The Labute approximate surface area is 141 Å². The Balaban J connectivity index is 0.00000264. The average Bonchev–Trinajstić information content (AvgIpc) is 2.84. The standard InChI is InChI=1S/C16H22F2N2O2.ClH/c1-11(2)12-5-3-4-6-14(12)22-8-7-19-15(21)13-9-16(17,18)10-20-13;/h3-6,11,13,20H,7-10H2,1-2H3,(H,19,21);1H. The maximum Gasteiger partial charge on any atom is 0.262 e. The van der Waals surface area contributed by atoms with Gasteiger partial charge in [-0.05, 0) is 17.5 Å². The summed E-state index contributed by atoms with van der Waals surface area (Å²) in [5.74, 6) is -2.07. The van der Waals surface area contributed by atoms with Crippen LogP contribution >= 0.6 is 12.4 Å². The maximum absolute atomic E-state index is 13.0. The van der Waals surface area contributed by atoms with Crippen molar-refractivity contribution in [2.24, 2.45) is 0 Å². The monoisotopic (exact) mass is 348 g/mol. The number of para-hydroxylation sites is 1. The predicted octanol–water partition coefficient (Wildman–Crippen LogP) is 2.72. The van der Waals surface area contributed by atoms with Gasteiger partial charge in [-0.15, -0.1) is 12.4 Å². The van der Waals surface area contributed by atoms with Crippen molar-refractivity contribution in [2.75, 3.05) is 19.7 Å². The van der Waals surface area contributed by atoms with Gasteiger partial charge in [-0.25, -0.2) is 8.78 Å². The molecule has 1 aliphatic rings. The molecule has 1 unspecified atom stereocenters. The molecule has 0 radical (unpaired) electrons. The molecule has 1 atom stereocenters. The first-order valence-corrected chi connectivity index (χ1v) is 7.50. The van der Waals surface area contributed by atoms with Gasteiger partial charge in [0, 0.05) is 6.42 Å². The van der Waals surface area contributed by atoms with Gasteiger partial charge >= 0.3 is 0 Å². The molecule has 1 aliphatic heterocycles. The van der Waals surface area contributed by atoms with Crippen LogP contribution in [0.25, 0.3) is 0 Å². The molecule has 1 fully saturated rings. The molecule has 23 heavy (non-hydrogen) atoms. The van der Waals surface area contributed by atoms with Crippen LogP contribution in [0, 0.1) is 0 Å². The van der Waals surface area contributed by atoms with E-state index in [0.29, 0.717) is 12.5 Å². The van der Waals surface area contributed by atoms with Crippen LogP contribution in [-0.4, -0.2) is 37.6 Å². The van der Waals surface area contributed by atoms with Gasteiger partial charge in [0.1, 0.15) is 12.4 Å². The third-order valence-electron chi connectivity index (χ3n) is 3.63. The summed E-state index contributed by atoms with van der Waals surface area (Å²) >= 11 is 0. The number of hydrogen-bond acceptors (Lipinski definition) is 3. The van der Waals surface area contributed by atoms with Crippen LogP contribution in [0.2, 0.25) is 0 Å². The van der Waals surface area contributed by atoms with Crippen LogP contribution in [0.3, 0.4) is 0 Å². The Morgan fingerprint density at radius 3 is 2.74 bits per heavy atom. The lowest BCUT2D eigenvalue weighted by molar-refractivity contribution is -0.123. The first-order valence-electron chi connectivity index (χ1n) is 7.50. The number of halogens is 3. The second-order valence-corrected chi connectivity index (χ2v) is 5.83. The van der Waals surface area contributed by atoms with Crippen molar-refractivity contribution in [3.05, 3.63) is 29.8 Å². The van der Waals surface area contributed by atoms with E-state index in [9.17, 15) is 13.6 Å². The summed E-state index contributed by atoms with van der Waals surface area (Å²) in [6.45, 7) is 4.31. The summed E-state index contributed by atoms with van der Waals surface area (Å²) in [4.78, 5) is 11.8. The van der Waals surface area contributed by atoms with Crippen molar-refractivity contribution in [2.45, 2.75) is 38.2 Å². The first-order chi connectivity index (χ1) is 10.4. The first kappa shape index (κ1) is 19.6. The van der Waals surface area contributed by atoms with E-state index in [2.05, 4.69) is 24.5 Å². The number of nitrogens with one attached hydrogen (secondary N) is 2. The van der Waals surface area contributed by atoms with Gasteiger partial charge in [0.05, 0.1) is 19.1 Å². The van der Waals surface area contributed by atoms with E-state index in [1.807, 2.05) is 24.3 Å². The van der Waals surface area contributed by atoms with E-state index in [-0.39, 0.29) is 19.0 Å². The van der Waals surface area contributed by atoms with Gasteiger partial charge in [0.2, 0.25) is 5.91 Å². The smallest absolute Gasteiger partial charge is 0.262 e. The molecule has 0 spiro atoms. The molecule has 1 aromatic carbocycles. The summed E-state index contributed by atoms with van der Waals surface area (Å²) < 4.78 is 31.7. The van der Waals surface area contributed by atoms with E-state index < -0.39 is 30.8 Å². The van der Waals surface area contributed by atoms with Crippen LogP contribution in [0.4, 0.5) is 8.78 Å². The predicted molar refractivity (Wildman–Crippen MR) is 87.6 cm³/mol. The summed E-state index contributed by atoms with van der Waals surface area (Å²) in [6.07, 6.45) is -0.449. The van der Waals surface area contributed by atoms with Crippen LogP contribution in [-0.2, 0) is 4.79 Å². The van der Waals surface area contributed by atoms with Gasteiger partial charge < -0.3 is 10.1 Å². The minimum Gasteiger partial charge on any atom is -0.491 e. The highest BCUT2D eigenvalue weighted by atomic mass is 35.5. The average molecular weight is 349 g/mol. The van der Waals surface area contributed by atoms with Gasteiger partial charge in [-0.1, -0.05) is 32.0 Å². The van der Waals surface area contributed by atoms with Crippen molar-refractivity contribution in [1.82, 2.24) is 10.6 Å². The molecule has 0 aliphatic carbocycles. The van der Waals surface area contributed by atoms with E-state index in [0.717, 1.165) is 11.3 Å². The zero-order valence-corrected chi connectivity index (χ0v) is 14.1. The third kappa shape index (κ3) is 5.62. The highest BCUT2D eigenvalue weighted by Gasteiger charge is 2.42. The molecule has 1 saturated heterocycles. The molecular weight excluding hydrogens is 326 g/mol. The SMILES string of the molecule is CC(C)c1ccccc1OCCNC(=O)C1CC(F)(F)CN1.Cl. The van der Waals surface area contributed by atoms with Crippen LogP contribution in [0.5, 0.6) is 5.75 Å². The number of hydrogen-bond donors (Lipinski definition) is 2. The van der Waals surface area contributed by atoms with Crippen molar-refractivity contribution >= 4 is 18.3 Å². The van der Waals surface area contributed by atoms with Crippen LogP contribution in [0.15, 0.2) is 24.3 Å². The summed E-state index contributed by atoms with van der Waals surface area (Å²) in [6, 6.07) is 6.91. The zero-order valence-electron chi connectivity index (χ0n) is 13.3. The molecule has 0 aromatic heterocycles. The molecule has 2 rings (SSSR count). The molecule has 1 aromatic rings. The van der Waals surface area contributed by atoms with Crippen molar-refractivity contribution in [3.8, 4) is 5.75 Å². The molecule has 4 nitrogen and oxygen atoms in total. The van der Waals surface area contributed by atoms with Crippen molar-refractivity contribution < 1.29 is 18.3 Å². The van der Waals surface area contributed by atoms with Crippen LogP contribution < -0.4 is 15.4 Å². The third-order valence-corrected chi connectivity index (χ3v) is 3.63. The number of carbonyl (C=O) groups is 1. The van der Waals surface area contributed by atoms with Gasteiger partial charge in [-0.3, -0.25) is 10.1 Å². The normalized spacial score (nSPS) is 19.3. The number of benzene rings is 1. The fourth-order valence-electron chi connectivity index (χ4n) is 2.45. The molecule has 2 N–H and O–H groups in total. The number of alkyl halides is 2. The lowest BCUT2D eigenvalue weighted by Gasteiger charge is -2.15. The lowest BCUT2D eigenvalue weighted by Crippen LogP contribution is -2.41. The quantitative estimate of drug-likeness (QED) is 0.777. The minimum absolute atomic E-state index is 0. The van der Waals surface area contributed by atoms with Gasteiger partial charge in [-0.2, -0.15) is 0 Å². The zero-order chi connectivity index (χ0) is 16.2. The maximum atomic E-state index is 13.0. The highest BCUT2D eigenvalue weighted by Crippen LogP contribution is 2.26. The lowest BCUT2D eigenvalue weighted by atomic mass is 10.0. The second-order valence-electron chi connectivity index (χ2n) is 5.83. The number of amides is 1. The largest absolute Gasteiger partial charge is 0.491 e. The Hall–Kier alpha value is -1.40. The number of ether oxygens (including phenoxy) is 1. The van der Waals surface area contributed by atoms with Gasteiger partial charge in [0.15, 0.2) is 0 Å². The molecule has 130 valence electrons. The number of rotatable bonds is 6. The van der Waals surface area contributed by atoms with Gasteiger partial charge in [0.25, 0.3) is 5.92 Å². The summed E-state index contributed by atoms with van der Waals surface area (Å²) in [7, 11) is 0.